The molecule has 2 rings (SSSR count). The number of rotatable bonds is 9. The van der Waals surface area contributed by atoms with Crippen LogP contribution in [-0.2, 0) is 16.1 Å². The van der Waals surface area contributed by atoms with E-state index in [0.717, 1.165) is 5.56 Å². The number of benzene rings is 2. The Kier molecular flexibility index (Phi) is 8.30. The van der Waals surface area contributed by atoms with E-state index >= 15 is 0 Å². The zero-order valence-corrected chi connectivity index (χ0v) is 19.1. The van der Waals surface area contributed by atoms with Crippen molar-refractivity contribution in [2.75, 3.05) is 20.8 Å². The van der Waals surface area contributed by atoms with Crippen molar-refractivity contribution in [2.24, 2.45) is 0 Å². The van der Waals surface area contributed by atoms with E-state index in [-0.39, 0.29) is 18.4 Å². The van der Waals surface area contributed by atoms with Crippen LogP contribution in [0.25, 0.3) is 0 Å². The van der Waals surface area contributed by atoms with E-state index < -0.39 is 11.6 Å². The lowest BCUT2D eigenvalue weighted by molar-refractivity contribution is -0.142. The second kappa shape index (κ2) is 10.7. The molecule has 0 aromatic heterocycles. The Morgan fingerprint density at radius 3 is 2.03 bits per heavy atom. The molecule has 2 amide bonds. The van der Waals surface area contributed by atoms with Gasteiger partial charge in [0.15, 0.2) is 6.61 Å². The highest BCUT2D eigenvalue weighted by Crippen LogP contribution is 2.27. The summed E-state index contributed by atoms with van der Waals surface area (Å²) >= 11 is 0. The predicted octanol–water partition coefficient (Wildman–Crippen LogP) is 3.41. The molecule has 7 heteroatoms. The van der Waals surface area contributed by atoms with Crippen molar-refractivity contribution in [2.45, 2.75) is 45.8 Å². The summed E-state index contributed by atoms with van der Waals surface area (Å²) < 4.78 is 16.2. The van der Waals surface area contributed by atoms with E-state index in [4.69, 9.17) is 14.2 Å². The molecule has 0 saturated heterocycles. The number of nitrogens with one attached hydrogen (secondary N) is 1. The Bertz CT molecular complexity index is 855. The second-order valence-electron chi connectivity index (χ2n) is 8.26. The van der Waals surface area contributed by atoms with Crippen LogP contribution in [0.1, 0.15) is 33.3 Å². The molecule has 0 saturated carbocycles. The van der Waals surface area contributed by atoms with Gasteiger partial charge in [-0.05, 0) is 33.3 Å². The molecule has 0 radical (unpaired) electrons. The summed E-state index contributed by atoms with van der Waals surface area (Å²) in [5, 5.41) is 2.94. The Morgan fingerprint density at radius 1 is 0.968 bits per heavy atom. The number of hydrogen-bond acceptors (Lipinski definition) is 5. The van der Waals surface area contributed by atoms with Gasteiger partial charge in [-0.3, -0.25) is 9.59 Å². The highest BCUT2D eigenvalue weighted by atomic mass is 16.5. The lowest BCUT2D eigenvalue weighted by Gasteiger charge is -2.31. The van der Waals surface area contributed by atoms with Crippen molar-refractivity contribution < 1.29 is 23.8 Å². The molecule has 2 aromatic carbocycles. The van der Waals surface area contributed by atoms with Crippen LogP contribution in [0, 0.1) is 0 Å². The topological polar surface area (TPSA) is 77.1 Å². The van der Waals surface area contributed by atoms with Crippen molar-refractivity contribution >= 4 is 11.8 Å². The van der Waals surface area contributed by atoms with Gasteiger partial charge in [0.2, 0.25) is 5.91 Å². The first kappa shape index (κ1) is 24.1. The van der Waals surface area contributed by atoms with E-state index in [1.54, 1.807) is 39.3 Å². The summed E-state index contributed by atoms with van der Waals surface area (Å²) in [5.41, 5.74) is 0.523. The molecule has 0 unspecified atom stereocenters. The maximum Gasteiger partial charge on any atom is 0.261 e. The lowest BCUT2D eigenvalue weighted by Crippen LogP contribution is -2.53. The predicted molar refractivity (Wildman–Crippen MR) is 119 cm³/mol. The summed E-state index contributed by atoms with van der Waals surface area (Å²) in [7, 11) is 3.08. The molecule has 168 valence electrons. The number of amides is 2. The lowest BCUT2D eigenvalue weighted by atomic mass is 10.1. The first-order valence-electron chi connectivity index (χ1n) is 10.1. The van der Waals surface area contributed by atoms with E-state index in [1.165, 1.54) is 4.90 Å². The number of ether oxygens (including phenoxy) is 3. The smallest absolute Gasteiger partial charge is 0.261 e. The molecule has 0 aliphatic heterocycles. The Balaban J connectivity index is 2.18. The standard InChI is InChI=1S/C24H32N2O5/c1-17(23(28)25-24(2,3)4)26(15-18-10-8-7-9-11-18)22(27)16-31-21-13-19(29-5)12-20(14-21)30-6/h7-14,17H,15-16H2,1-6H3,(H,25,28)/t17-/m1/s1. The summed E-state index contributed by atoms with van der Waals surface area (Å²) in [4.78, 5) is 27.4. The molecule has 7 nitrogen and oxygen atoms in total. The van der Waals surface area contributed by atoms with Gasteiger partial charge in [0.05, 0.1) is 14.2 Å². The van der Waals surface area contributed by atoms with Crippen molar-refractivity contribution in [3.05, 3.63) is 54.1 Å². The minimum Gasteiger partial charge on any atom is -0.496 e. The summed E-state index contributed by atoms with van der Waals surface area (Å²) in [6.45, 7) is 7.50. The Hall–Kier alpha value is -3.22. The van der Waals surface area contributed by atoms with E-state index in [2.05, 4.69) is 5.32 Å². The molecular formula is C24H32N2O5. The molecule has 0 fully saturated rings. The van der Waals surface area contributed by atoms with Crippen molar-refractivity contribution in [3.63, 3.8) is 0 Å². The minimum absolute atomic E-state index is 0.222. The first-order chi connectivity index (χ1) is 14.6. The highest BCUT2D eigenvalue weighted by molar-refractivity contribution is 5.88. The van der Waals surface area contributed by atoms with E-state index in [0.29, 0.717) is 23.8 Å². The maximum absolute atomic E-state index is 13.1. The number of nitrogens with zero attached hydrogens (tertiary/aromatic N) is 1. The van der Waals surface area contributed by atoms with Crippen LogP contribution in [0.2, 0.25) is 0 Å². The fourth-order valence-corrected chi connectivity index (χ4v) is 2.93. The molecule has 31 heavy (non-hydrogen) atoms. The molecule has 1 N–H and O–H groups in total. The third-order valence-electron chi connectivity index (χ3n) is 4.55. The van der Waals surface area contributed by atoms with Crippen LogP contribution < -0.4 is 19.5 Å². The zero-order chi connectivity index (χ0) is 23.0. The molecular weight excluding hydrogens is 396 g/mol. The molecule has 0 spiro atoms. The van der Waals surface area contributed by atoms with Gasteiger partial charge in [0, 0.05) is 30.3 Å². The molecule has 0 aliphatic rings. The number of carbonyl (C=O) groups is 2. The van der Waals surface area contributed by atoms with Gasteiger partial charge < -0.3 is 24.4 Å². The highest BCUT2D eigenvalue weighted by Gasteiger charge is 2.28. The average Bonchev–Trinajstić information content (AvgIpc) is 2.74. The number of carbonyl (C=O) groups excluding carboxylic acids is 2. The largest absolute Gasteiger partial charge is 0.496 e. The molecule has 2 aromatic rings. The maximum atomic E-state index is 13.1. The van der Waals surface area contributed by atoms with Crippen LogP contribution >= 0.6 is 0 Å². The van der Waals surface area contributed by atoms with Crippen molar-refractivity contribution in [1.82, 2.24) is 10.2 Å². The minimum atomic E-state index is -0.671. The van der Waals surface area contributed by atoms with Crippen LogP contribution in [0.15, 0.2) is 48.5 Å². The molecule has 0 aliphatic carbocycles. The van der Waals surface area contributed by atoms with Gasteiger partial charge in [-0.1, -0.05) is 30.3 Å². The van der Waals surface area contributed by atoms with Crippen LogP contribution in [0.5, 0.6) is 17.2 Å². The summed E-state index contributed by atoms with van der Waals surface area (Å²) in [6, 6.07) is 13.9. The fraction of sp³-hybridized carbons (Fsp3) is 0.417. The zero-order valence-electron chi connectivity index (χ0n) is 19.1. The van der Waals surface area contributed by atoms with Crippen LogP contribution in [0.3, 0.4) is 0 Å². The normalized spacial score (nSPS) is 11.9. The van der Waals surface area contributed by atoms with Crippen LogP contribution in [0.4, 0.5) is 0 Å². The molecule has 1 atom stereocenters. The third-order valence-corrected chi connectivity index (χ3v) is 4.55. The summed E-state index contributed by atoms with van der Waals surface area (Å²) in [6.07, 6.45) is 0. The van der Waals surface area contributed by atoms with Crippen LogP contribution in [-0.4, -0.2) is 49.1 Å². The first-order valence-corrected chi connectivity index (χ1v) is 10.1. The number of hydrogen-bond donors (Lipinski definition) is 1. The molecule has 0 heterocycles. The van der Waals surface area contributed by atoms with Gasteiger partial charge >= 0.3 is 0 Å². The van der Waals surface area contributed by atoms with Gasteiger partial charge in [0.1, 0.15) is 23.3 Å². The monoisotopic (exact) mass is 428 g/mol. The van der Waals surface area contributed by atoms with E-state index in [1.807, 2.05) is 51.1 Å². The van der Waals surface area contributed by atoms with E-state index in [9.17, 15) is 9.59 Å². The van der Waals surface area contributed by atoms with Crippen molar-refractivity contribution in [3.8, 4) is 17.2 Å². The average molecular weight is 429 g/mol. The SMILES string of the molecule is COc1cc(OC)cc(OCC(=O)N(Cc2ccccc2)[C@H](C)C(=O)NC(C)(C)C)c1. The second-order valence-corrected chi connectivity index (χ2v) is 8.26. The van der Waals surface area contributed by atoms with Gasteiger partial charge in [-0.25, -0.2) is 0 Å². The van der Waals surface area contributed by atoms with Gasteiger partial charge in [0.25, 0.3) is 5.91 Å². The van der Waals surface area contributed by atoms with Gasteiger partial charge in [-0.15, -0.1) is 0 Å². The Labute approximate surface area is 184 Å². The quantitative estimate of drug-likeness (QED) is 0.662. The van der Waals surface area contributed by atoms with Crippen molar-refractivity contribution in [1.29, 1.82) is 0 Å². The number of methoxy groups -OCH3 is 2. The van der Waals surface area contributed by atoms with Gasteiger partial charge in [-0.2, -0.15) is 0 Å². The fourth-order valence-electron chi connectivity index (χ4n) is 2.93. The Morgan fingerprint density at radius 2 is 1.52 bits per heavy atom. The summed E-state index contributed by atoms with van der Waals surface area (Å²) in [5.74, 6) is 1.03. The molecule has 0 bridgehead atoms. The third kappa shape index (κ3) is 7.51.